The van der Waals surface area contributed by atoms with E-state index in [-0.39, 0.29) is 6.10 Å². The third kappa shape index (κ3) is 2.30. The molecule has 2 rings (SSSR count). The van der Waals surface area contributed by atoms with Gasteiger partial charge in [-0.2, -0.15) is 0 Å². The van der Waals surface area contributed by atoms with E-state index in [1.807, 2.05) is 6.08 Å². The lowest BCUT2D eigenvalue weighted by Gasteiger charge is -2.28. The highest BCUT2D eigenvalue weighted by Gasteiger charge is 2.21. The molecule has 3 heteroatoms. The Labute approximate surface area is 78.8 Å². The maximum Gasteiger partial charge on any atom is 0.0848 e. The average molecular weight is 183 g/mol. The average Bonchev–Trinajstić information content (AvgIpc) is 2.19. The summed E-state index contributed by atoms with van der Waals surface area (Å²) in [5.41, 5.74) is 1.38. The Morgan fingerprint density at radius 3 is 2.85 bits per heavy atom. The molecule has 1 unspecified atom stereocenters. The monoisotopic (exact) mass is 183 g/mol. The highest BCUT2D eigenvalue weighted by Crippen LogP contribution is 2.24. The summed E-state index contributed by atoms with van der Waals surface area (Å²) in [4.78, 5) is 0. The molecule has 0 aromatic carbocycles. The number of aliphatic hydroxyl groups is 1. The van der Waals surface area contributed by atoms with Gasteiger partial charge in [0.15, 0.2) is 0 Å². The highest BCUT2D eigenvalue weighted by molar-refractivity contribution is 5.15. The minimum absolute atomic E-state index is 0.286. The van der Waals surface area contributed by atoms with Gasteiger partial charge in [-0.05, 0) is 18.8 Å². The topological polar surface area (TPSA) is 41.5 Å². The second-order valence-electron chi connectivity index (χ2n) is 3.83. The van der Waals surface area contributed by atoms with Crippen molar-refractivity contribution in [2.45, 2.75) is 18.9 Å². The molecule has 1 saturated heterocycles. The fourth-order valence-corrected chi connectivity index (χ4v) is 2.08. The summed E-state index contributed by atoms with van der Waals surface area (Å²) in [6.07, 6.45) is 3.96. The smallest absolute Gasteiger partial charge is 0.0848 e. The molecule has 0 aliphatic carbocycles. The summed E-state index contributed by atoms with van der Waals surface area (Å²) in [7, 11) is 0. The predicted molar refractivity (Wildman–Crippen MR) is 50.5 cm³/mol. The minimum atomic E-state index is -0.286. The first-order valence-electron chi connectivity index (χ1n) is 5.03. The van der Waals surface area contributed by atoms with Crippen molar-refractivity contribution in [1.29, 1.82) is 0 Å². The minimum Gasteiger partial charge on any atom is -0.388 e. The van der Waals surface area contributed by atoms with E-state index >= 15 is 0 Å². The van der Waals surface area contributed by atoms with Crippen molar-refractivity contribution in [2.24, 2.45) is 5.92 Å². The Hall–Kier alpha value is -0.380. The molecule has 0 amide bonds. The van der Waals surface area contributed by atoms with Crippen LogP contribution in [0.3, 0.4) is 0 Å². The lowest BCUT2D eigenvalue weighted by molar-refractivity contribution is 0.0738. The third-order valence-corrected chi connectivity index (χ3v) is 2.83. The van der Waals surface area contributed by atoms with Crippen LogP contribution < -0.4 is 5.32 Å². The van der Waals surface area contributed by atoms with Gasteiger partial charge in [0.05, 0.1) is 6.10 Å². The Balaban J connectivity index is 1.97. The number of hydrogen-bond acceptors (Lipinski definition) is 3. The van der Waals surface area contributed by atoms with Crippen LogP contribution in [-0.4, -0.2) is 37.5 Å². The summed E-state index contributed by atoms with van der Waals surface area (Å²) < 4.78 is 5.31. The molecule has 0 radical (unpaired) electrons. The lowest BCUT2D eigenvalue weighted by atomic mass is 9.89. The van der Waals surface area contributed by atoms with Gasteiger partial charge in [-0.25, -0.2) is 0 Å². The van der Waals surface area contributed by atoms with Gasteiger partial charge >= 0.3 is 0 Å². The van der Waals surface area contributed by atoms with E-state index in [1.54, 1.807) is 0 Å². The third-order valence-electron chi connectivity index (χ3n) is 2.83. The summed E-state index contributed by atoms with van der Waals surface area (Å²) in [6, 6.07) is 0. The molecule has 0 bridgehead atoms. The van der Waals surface area contributed by atoms with Crippen molar-refractivity contribution in [2.75, 3.05) is 26.3 Å². The fourth-order valence-electron chi connectivity index (χ4n) is 2.08. The van der Waals surface area contributed by atoms with Gasteiger partial charge < -0.3 is 15.2 Å². The second-order valence-corrected chi connectivity index (χ2v) is 3.83. The van der Waals surface area contributed by atoms with Gasteiger partial charge in [-0.1, -0.05) is 11.6 Å². The molecule has 1 fully saturated rings. The van der Waals surface area contributed by atoms with Gasteiger partial charge in [-0.3, -0.25) is 0 Å². The van der Waals surface area contributed by atoms with Gasteiger partial charge in [0.25, 0.3) is 0 Å². The van der Waals surface area contributed by atoms with Crippen molar-refractivity contribution in [3.05, 3.63) is 11.6 Å². The summed E-state index contributed by atoms with van der Waals surface area (Å²) in [5.74, 6) is 0.635. The molecule has 3 nitrogen and oxygen atoms in total. The van der Waals surface area contributed by atoms with E-state index in [9.17, 15) is 5.11 Å². The Morgan fingerprint density at radius 1 is 1.38 bits per heavy atom. The molecule has 0 aromatic heterocycles. The molecule has 13 heavy (non-hydrogen) atoms. The number of ether oxygens (including phenoxy) is 1. The second kappa shape index (κ2) is 4.22. The van der Waals surface area contributed by atoms with E-state index < -0.39 is 0 Å². The highest BCUT2D eigenvalue weighted by atomic mass is 16.5. The fraction of sp³-hybridized carbons (Fsp3) is 0.800. The Morgan fingerprint density at radius 2 is 2.15 bits per heavy atom. The van der Waals surface area contributed by atoms with Crippen LogP contribution in [0.1, 0.15) is 12.8 Å². The number of rotatable bonds is 1. The van der Waals surface area contributed by atoms with Crippen LogP contribution >= 0.6 is 0 Å². The van der Waals surface area contributed by atoms with Crippen LogP contribution in [0, 0.1) is 5.92 Å². The van der Waals surface area contributed by atoms with Crippen molar-refractivity contribution >= 4 is 0 Å². The van der Waals surface area contributed by atoms with Crippen LogP contribution in [0.25, 0.3) is 0 Å². The Bertz CT molecular complexity index is 197. The van der Waals surface area contributed by atoms with Crippen LogP contribution in [0.5, 0.6) is 0 Å². The largest absolute Gasteiger partial charge is 0.388 e. The standard InChI is InChI=1S/C10H17NO2/c12-10-5-9(6-11-7-10)8-1-3-13-4-2-8/h5,8,10-12H,1-4,6-7H2. The SMILES string of the molecule is OC1C=C(C2CCOCC2)CNC1. The molecule has 0 spiro atoms. The van der Waals surface area contributed by atoms with E-state index in [0.717, 1.165) is 32.6 Å². The van der Waals surface area contributed by atoms with E-state index in [0.29, 0.717) is 12.5 Å². The molecule has 2 heterocycles. The number of β-amino-alcohol motifs (C(OH)–C–C–N with tert-alkyl or cyclic N) is 1. The molecular weight excluding hydrogens is 166 g/mol. The molecule has 2 aliphatic heterocycles. The van der Waals surface area contributed by atoms with Crippen LogP contribution in [0.2, 0.25) is 0 Å². The lowest BCUT2D eigenvalue weighted by Crippen LogP contribution is -2.35. The van der Waals surface area contributed by atoms with Crippen LogP contribution in [-0.2, 0) is 4.74 Å². The normalized spacial score (nSPS) is 31.5. The van der Waals surface area contributed by atoms with E-state index in [4.69, 9.17) is 4.74 Å². The van der Waals surface area contributed by atoms with Crippen molar-refractivity contribution in [1.82, 2.24) is 5.32 Å². The zero-order chi connectivity index (χ0) is 9.10. The molecular formula is C10H17NO2. The summed E-state index contributed by atoms with van der Waals surface area (Å²) in [6.45, 7) is 3.39. The van der Waals surface area contributed by atoms with E-state index in [1.165, 1.54) is 5.57 Å². The first kappa shape index (κ1) is 9.19. The maximum absolute atomic E-state index is 9.44. The van der Waals surface area contributed by atoms with Gasteiger partial charge in [0.2, 0.25) is 0 Å². The van der Waals surface area contributed by atoms with Gasteiger partial charge in [0.1, 0.15) is 0 Å². The van der Waals surface area contributed by atoms with Gasteiger partial charge in [-0.15, -0.1) is 0 Å². The molecule has 2 aliphatic rings. The van der Waals surface area contributed by atoms with E-state index in [2.05, 4.69) is 5.32 Å². The van der Waals surface area contributed by atoms with Crippen molar-refractivity contribution in [3.8, 4) is 0 Å². The first-order chi connectivity index (χ1) is 6.36. The molecule has 74 valence electrons. The summed E-state index contributed by atoms with van der Waals surface area (Å²) >= 11 is 0. The number of aliphatic hydroxyl groups excluding tert-OH is 1. The predicted octanol–water partition coefficient (Wildman–Crippen LogP) is 0.303. The zero-order valence-corrected chi connectivity index (χ0v) is 7.83. The van der Waals surface area contributed by atoms with Crippen molar-refractivity contribution in [3.63, 3.8) is 0 Å². The zero-order valence-electron chi connectivity index (χ0n) is 7.83. The number of hydrogen-bond donors (Lipinski definition) is 2. The molecule has 2 N–H and O–H groups in total. The van der Waals surface area contributed by atoms with Crippen LogP contribution in [0.15, 0.2) is 11.6 Å². The maximum atomic E-state index is 9.44. The molecule has 0 aromatic rings. The Kier molecular flexibility index (Phi) is 2.98. The van der Waals surface area contributed by atoms with Gasteiger partial charge in [0, 0.05) is 26.3 Å². The molecule has 0 saturated carbocycles. The molecule has 1 atom stereocenters. The van der Waals surface area contributed by atoms with Crippen molar-refractivity contribution < 1.29 is 9.84 Å². The number of nitrogens with one attached hydrogen (secondary N) is 1. The quantitative estimate of drug-likeness (QED) is 0.575. The van der Waals surface area contributed by atoms with Crippen LogP contribution in [0.4, 0.5) is 0 Å². The summed E-state index contributed by atoms with van der Waals surface area (Å²) in [5, 5.41) is 12.7. The first-order valence-corrected chi connectivity index (χ1v) is 5.03.